The fourth-order valence-corrected chi connectivity index (χ4v) is 3.48. The Morgan fingerprint density at radius 2 is 2.19 bits per heavy atom. The van der Waals surface area contributed by atoms with Gasteiger partial charge < -0.3 is 10.1 Å². The zero-order valence-electron chi connectivity index (χ0n) is 11.6. The van der Waals surface area contributed by atoms with Crippen molar-refractivity contribution in [2.75, 3.05) is 20.3 Å². The predicted molar refractivity (Wildman–Crippen MR) is 91.1 cm³/mol. The Morgan fingerprint density at radius 3 is 2.95 bits per heavy atom. The molecule has 112 valence electrons. The van der Waals surface area contributed by atoms with Crippen LogP contribution >= 0.6 is 39.3 Å². The summed E-state index contributed by atoms with van der Waals surface area (Å²) in [4.78, 5) is 5.49. The van der Waals surface area contributed by atoms with Gasteiger partial charge in [-0.25, -0.2) is 4.98 Å². The molecule has 0 aliphatic carbocycles. The van der Waals surface area contributed by atoms with E-state index in [1.165, 1.54) is 0 Å². The molecule has 0 saturated carbocycles. The summed E-state index contributed by atoms with van der Waals surface area (Å²) in [5.74, 6) is 0. The fraction of sp³-hybridized carbons (Fsp3) is 0.267. The first-order chi connectivity index (χ1) is 10.2. The zero-order chi connectivity index (χ0) is 15.1. The molecule has 0 radical (unpaired) electrons. The van der Waals surface area contributed by atoms with Crippen LogP contribution in [0, 0.1) is 0 Å². The number of halogens is 2. The zero-order valence-corrected chi connectivity index (χ0v) is 14.8. The highest BCUT2D eigenvalue weighted by atomic mass is 79.9. The number of hydrogen-bond acceptors (Lipinski definition) is 4. The van der Waals surface area contributed by atoms with Crippen molar-refractivity contribution < 1.29 is 4.74 Å². The van der Waals surface area contributed by atoms with Crippen molar-refractivity contribution >= 4 is 39.3 Å². The molecular formula is C15H16BrClN2OS. The summed E-state index contributed by atoms with van der Waals surface area (Å²) in [6.07, 6.45) is 1.79. The summed E-state index contributed by atoms with van der Waals surface area (Å²) in [7, 11) is 1.69. The van der Waals surface area contributed by atoms with Gasteiger partial charge in [0.25, 0.3) is 0 Å². The van der Waals surface area contributed by atoms with E-state index < -0.39 is 0 Å². The summed E-state index contributed by atoms with van der Waals surface area (Å²) < 4.78 is 6.01. The van der Waals surface area contributed by atoms with Gasteiger partial charge in [0.15, 0.2) is 0 Å². The van der Waals surface area contributed by atoms with Gasteiger partial charge in [-0.15, -0.1) is 0 Å². The van der Waals surface area contributed by atoms with Crippen molar-refractivity contribution in [3.8, 4) is 0 Å². The van der Waals surface area contributed by atoms with Crippen LogP contribution in [0.4, 0.5) is 0 Å². The molecule has 0 aliphatic rings. The van der Waals surface area contributed by atoms with Crippen molar-refractivity contribution in [2.24, 2.45) is 0 Å². The van der Waals surface area contributed by atoms with Gasteiger partial charge in [-0.3, -0.25) is 0 Å². The molecule has 0 amide bonds. The van der Waals surface area contributed by atoms with E-state index in [1.807, 2.05) is 24.3 Å². The van der Waals surface area contributed by atoms with Crippen LogP contribution in [0.25, 0.3) is 0 Å². The van der Waals surface area contributed by atoms with Crippen LogP contribution in [0.5, 0.6) is 0 Å². The number of nitrogens with one attached hydrogen (secondary N) is 1. The largest absolute Gasteiger partial charge is 0.383 e. The van der Waals surface area contributed by atoms with Gasteiger partial charge in [-0.2, -0.15) is 0 Å². The Hall–Kier alpha value is -0.590. The first-order valence-electron chi connectivity index (χ1n) is 6.47. The Morgan fingerprint density at radius 1 is 1.33 bits per heavy atom. The van der Waals surface area contributed by atoms with E-state index in [0.29, 0.717) is 13.2 Å². The molecule has 0 saturated heterocycles. The van der Waals surface area contributed by atoms with E-state index in [9.17, 15) is 0 Å². The molecule has 1 heterocycles. The first kappa shape index (κ1) is 16.8. The average molecular weight is 388 g/mol. The lowest BCUT2D eigenvalue weighted by Gasteiger charge is -2.12. The van der Waals surface area contributed by atoms with Gasteiger partial charge >= 0.3 is 0 Å². The number of methoxy groups -OCH3 is 1. The fourth-order valence-electron chi connectivity index (χ4n) is 1.74. The van der Waals surface area contributed by atoms with Gasteiger partial charge in [0, 0.05) is 36.3 Å². The number of benzene rings is 1. The van der Waals surface area contributed by atoms with E-state index in [0.717, 1.165) is 31.5 Å². The van der Waals surface area contributed by atoms with Crippen LogP contribution in [-0.2, 0) is 11.3 Å². The third-order valence-corrected chi connectivity index (χ3v) is 5.17. The lowest BCUT2D eigenvalue weighted by molar-refractivity contribution is 0.199. The molecule has 1 aromatic carbocycles. The monoisotopic (exact) mass is 386 g/mol. The molecule has 2 rings (SSSR count). The molecule has 0 fully saturated rings. The summed E-state index contributed by atoms with van der Waals surface area (Å²) in [5, 5.41) is 5.02. The van der Waals surface area contributed by atoms with Crippen LogP contribution in [0.2, 0.25) is 5.02 Å². The smallest absolute Gasteiger partial charge is 0.115 e. The predicted octanol–water partition coefficient (Wildman–Crippen LogP) is 4.38. The van der Waals surface area contributed by atoms with Crippen molar-refractivity contribution in [2.45, 2.75) is 16.5 Å². The van der Waals surface area contributed by atoms with Crippen molar-refractivity contribution in [3.63, 3.8) is 0 Å². The molecule has 0 spiro atoms. The minimum atomic E-state index is 0.679. The summed E-state index contributed by atoms with van der Waals surface area (Å²) in [5.41, 5.74) is 1.08. The molecule has 0 atom stereocenters. The lowest BCUT2D eigenvalue weighted by atomic mass is 10.2. The summed E-state index contributed by atoms with van der Waals surface area (Å²) in [6, 6.07) is 9.81. The number of aromatic nitrogens is 1. The Labute approximate surface area is 142 Å². The molecule has 1 N–H and O–H groups in total. The lowest BCUT2D eigenvalue weighted by Crippen LogP contribution is -2.19. The molecule has 0 aliphatic heterocycles. The summed E-state index contributed by atoms with van der Waals surface area (Å²) in [6.45, 7) is 2.17. The molecule has 0 unspecified atom stereocenters. The number of ether oxygens (including phenoxy) is 1. The maximum absolute atomic E-state index is 6.33. The summed E-state index contributed by atoms with van der Waals surface area (Å²) >= 11 is 11.5. The molecule has 0 bridgehead atoms. The van der Waals surface area contributed by atoms with Crippen LogP contribution in [0.15, 0.2) is 50.9 Å². The van der Waals surface area contributed by atoms with E-state index in [1.54, 1.807) is 25.1 Å². The first-order valence-corrected chi connectivity index (χ1v) is 8.46. The van der Waals surface area contributed by atoms with Crippen LogP contribution in [-0.4, -0.2) is 25.2 Å². The van der Waals surface area contributed by atoms with E-state index in [4.69, 9.17) is 16.3 Å². The molecule has 21 heavy (non-hydrogen) atoms. The Balaban J connectivity index is 2.15. The van der Waals surface area contributed by atoms with Gasteiger partial charge in [0.05, 0.1) is 11.1 Å². The molecule has 3 nitrogen and oxygen atoms in total. The van der Waals surface area contributed by atoms with Crippen molar-refractivity contribution in [1.82, 2.24) is 10.3 Å². The van der Waals surface area contributed by atoms with E-state index >= 15 is 0 Å². The Bertz CT molecular complexity index is 598. The highest BCUT2D eigenvalue weighted by Gasteiger charge is 2.10. The molecular weight excluding hydrogens is 372 g/mol. The van der Waals surface area contributed by atoms with Gasteiger partial charge in [0.2, 0.25) is 0 Å². The third kappa shape index (κ3) is 4.97. The molecule has 6 heteroatoms. The average Bonchev–Trinajstić information content (AvgIpc) is 2.48. The standard InChI is InChI=1S/C15H16BrClN2OS/c1-20-9-8-18-10-11-13(17)5-2-6-14(11)21-15-12(16)4-3-7-19-15/h2-7,18H,8-10H2,1H3. The third-order valence-electron chi connectivity index (χ3n) is 2.79. The van der Waals surface area contributed by atoms with E-state index in [-0.39, 0.29) is 0 Å². The van der Waals surface area contributed by atoms with Gasteiger partial charge in [-0.05, 0) is 45.8 Å². The molecule has 1 aromatic heterocycles. The van der Waals surface area contributed by atoms with Gasteiger partial charge in [0.1, 0.15) is 5.03 Å². The number of rotatable bonds is 7. The topological polar surface area (TPSA) is 34.1 Å². The van der Waals surface area contributed by atoms with Crippen LogP contribution in [0.1, 0.15) is 5.56 Å². The van der Waals surface area contributed by atoms with Crippen molar-refractivity contribution in [3.05, 3.63) is 51.6 Å². The van der Waals surface area contributed by atoms with Crippen LogP contribution < -0.4 is 5.32 Å². The second kappa shape index (κ2) is 8.76. The second-order valence-corrected chi connectivity index (χ2v) is 6.57. The maximum Gasteiger partial charge on any atom is 0.115 e. The minimum absolute atomic E-state index is 0.679. The van der Waals surface area contributed by atoms with Crippen LogP contribution in [0.3, 0.4) is 0 Å². The minimum Gasteiger partial charge on any atom is -0.383 e. The number of hydrogen-bond donors (Lipinski definition) is 1. The normalized spacial score (nSPS) is 10.8. The number of pyridine rings is 1. The highest BCUT2D eigenvalue weighted by Crippen LogP contribution is 2.35. The van der Waals surface area contributed by atoms with Gasteiger partial charge in [-0.1, -0.05) is 29.4 Å². The Kier molecular flexibility index (Phi) is 6.99. The molecule has 2 aromatic rings. The van der Waals surface area contributed by atoms with E-state index in [2.05, 4.69) is 32.3 Å². The maximum atomic E-state index is 6.33. The second-order valence-electron chi connectivity index (χ2n) is 4.28. The highest BCUT2D eigenvalue weighted by molar-refractivity contribution is 9.10. The number of nitrogens with zero attached hydrogens (tertiary/aromatic N) is 1. The SMILES string of the molecule is COCCNCc1c(Cl)cccc1Sc1ncccc1Br. The van der Waals surface area contributed by atoms with Crippen molar-refractivity contribution in [1.29, 1.82) is 0 Å². The quantitative estimate of drug-likeness (QED) is 0.715.